The number of nitrogens with zero attached hydrogens (tertiary/aromatic N) is 1. The Morgan fingerprint density at radius 3 is 2.14 bits per heavy atom. The third-order valence-electron chi connectivity index (χ3n) is 6.94. The normalized spacial score (nSPS) is 13.8. The number of alkyl carbamates (subject to hydrolysis) is 1. The van der Waals surface area contributed by atoms with Gasteiger partial charge >= 0.3 is 16.4 Å². The van der Waals surface area contributed by atoms with Gasteiger partial charge in [-0.2, -0.15) is 8.42 Å². The molecule has 0 aliphatic carbocycles. The second-order valence-electron chi connectivity index (χ2n) is 11.3. The Labute approximate surface area is 261 Å². The quantitative estimate of drug-likeness (QED) is 0.148. The molecule has 0 aliphatic heterocycles. The monoisotopic (exact) mass is 636 g/mol. The third kappa shape index (κ3) is 8.88. The number of thiazole rings is 1. The van der Waals surface area contributed by atoms with Crippen molar-refractivity contribution in [2.75, 3.05) is 11.8 Å². The average Bonchev–Trinajstić information content (AvgIpc) is 3.47. The smallest absolute Gasteiger partial charge is 0.407 e. The van der Waals surface area contributed by atoms with E-state index in [1.165, 1.54) is 30.5 Å². The molecule has 44 heavy (non-hydrogen) atoms. The van der Waals surface area contributed by atoms with E-state index in [-0.39, 0.29) is 5.69 Å². The SMILES string of the molecule is CNC(=O)O[C@H](C(=O)N[C@@H](Cc1ccc(NS(=O)(=O)O)cc1)c1nc(-c2ccccc2)cs1)C(c1ccccc1)C(C)(C)C. The molecule has 1 unspecified atom stereocenters. The van der Waals surface area contributed by atoms with Gasteiger partial charge in [0.15, 0.2) is 6.10 Å². The zero-order chi connectivity index (χ0) is 31.9. The van der Waals surface area contributed by atoms with Gasteiger partial charge in [-0.05, 0) is 35.1 Å². The number of carbonyl (C=O) groups excluding carboxylic acids is 2. The fourth-order valence-electron chi connectivity index (χ4n) is 4.97. The maximum atomic E-state index is 14.2. The number of hydrogen-bond donors (Lipinski definition) is 4. The van der Waals surface area contributed by atoms with Gasteiger partial charge in [-0.15, -0.1) is 11.3 Å². The predicted molar refractivity (Wildman–Crippen MR) is 172 cm³/mol. The maximum absolute atomic E-state index is 14.2. The lowest BCUT2D eigenvalue weighted by Crippen LogP contribution is -2.47. The fourth-order valence-corrected chi connectivity index (χ4v) is 6.29. The largest absolute Gasteiger partial charge is 0.435 e. The van der Waals surface area contributed by atoms with Gasteiger partial charge in [-0.3, -0.25) is 14.1 Å². The summed E-state index contributed by atoms with van der Waals surface area (Å²) in [6, 6.07) is 25.0. The van der Waals surface area contributed by atoms with E-state index in [1.807, 2.05) is 91.5 Å². The number of hydrogen-bond acceptors (Lipinski definition) is 7. The van der Waals surface area contributed by atoms with E-state index in [2.05, 4.69) is 10.6 Å². The van der Waals surface area contributed by atoms with Gasteiger partial charge in [-0.25, -0.2) is 9.78 Å². The van der Waals surface area contributed by atoms with Crippen molar-refractivity contribution in [2.24, 2.45) is 5.41 Å². The second-order valence-corrected chi connectivity index (χ2v) is 13.4. The molecule has 0 radical (unpaired) electrons. The molecule has 4 aromatic rings. The summed E-state index contributed by atoms with van der Waals surface area (Å²) in [4.78, 5) is 31.6. The lowest BCUT2D eigenvalue weighted by atomic mass is 9.73. The summed E-state index contributed by atoms with van der Waals surface area (Å²) in [5.41, 5.74) is 3.03. The molecule has 12 heteroatoms. The fraction of sp³-hybridized carbons (Fsp3) is 0.281. The summed E-state index contributed by atoms with van der Waals surface area (Å²) in [7, 11) is -2.98. The first-order chi connectivity index (χ1) is 20.8. The van der Waals surface area contributed by atoms with Crippen LogP contribution < -0.4 is 15.4 Å². The van der Waals surface area contributed by atoms with Crippen LogP contribution in [0.1, 0.15) is 48.9 Å². The lowest BCUT2D eigenvalue weighted by Gasteiger charge is -2.36. The van der Waals surface area contributed by atoms with Crippen molar-refractivity contribution < 1.29 is 27.3 Å². The average molecular weight is 637 g/mol. The molecule has 232 valence electrons. The van der Waals surface area contributed by atoms with Gasteiger partial charge in [0, 0.05) is 23.9 Å². The van der Waals surface area contributed by atoms with Crippen LogP contribution in [-0.4, -0.2) is 43.1 Å². The molecule has 0 spiro atoms. The summed E-state index contributed by atoms with van der Waals surface area (Å²) in [6.07, 6.45) is -1.60. The number of ether oxygens (including phenoxy) is 1. The highest BCUT2D eigenvalue weighted by Gasteiger charge is 2.41. The molecule has 3 aromatic carbocycles. The summed E-state index contributed by atoms with van der Waals surface area (Å²) in [5.74, 6) is -0.966. The molecule has 3 atom stereocenters. The first kappa shape index (κ1) is 32.6. The molecule has 0 aliphatic rings. The highest BCUT2D eigenvalue weighted by atomic mass is 32.2. The molecule has 10 nitrogen and oxygen atoms in total. The minimum atomic E-state index is -4.42. The minimum Gasteiger partial charge on any atom is -0.435 e. The maximum Gasteiger partial charge on any atom is 0.407 e. The molecule has 0 saturated heterocycles. The molecule has 0 fully saturated rings. The van der Waals surface area contributed by atoms with Crippen LogP contribution in [-0.2, 0) is 26.3 Å². The van der Waals surface area contributed by atoms with Crippen molar-refractivity contribution in [1.82, 2.24) is 15.6 Å². The molecule has 1 aromatic heterocycles. The number of aromatic nitrogens is 1. The molecule has 1 heterocycles. The highest BCUT2D eigenvalue weighted by Crippen LogP contribution is 2.40. The van der Waals surface area contributed by atoms with Crippen LogP contribution >= 0.6 is 11.3 Å². The van der Waals surface area contributed by atoms with Crippen LogP contribution in [0, 0.1) is 5.41 Å². The van der Waals surface area contributed by atoms with Crippen LogP contribution in [0.5, 0.6) is 0 Å². The van der Waals surface area contributed by atoms with E-state index in [0.29, 0.717) is 11.4 Å². The third-order valence-corrected chi connectivity index (χ3v) is 8.39. The summed E-state index contributed by atoms with van der Waals surface area (Å²) in [6.45, 7) is 5.97. The van der Waals surface area contributed by atoms with Crippen molar-refractivity contribution in [3.63, 3.8) is 0 Å². The number of anilines is 1. The number of carbonyl (C=O) groups is 2. The van der Waals surface area contributed by atoms with E-state index >= 15 is 0 Å². The van der Waals surface area contributed by atoms with Crippen molar-refractivity contribution in [1.29, 1.82) is 0 Å². The van der Waals surface area contributed by atoms with E-state index in [1.54, 1.807) is 12.1 Å². The van der Waals surface area contributed by atoms with E-state index in [4.69, 9.17) is 14.3 Å². The molecule has 0 bridgehead atoms. The van der Waals surface area contributed by atoms with Crippen LogP contribution in [0.25, 0.3) is 11.3 Å². The van der Waals surface area contributed by atoms with E-state index in [0.717, 1.165) is 22.4 Å². The molecular weight excluding hydrogens is 601 g/mol. The number of nitrogens with one attached hydrogen (secondary N) is 3. The molecule has 2 amide bonds. The Morgan fingerprint density at radius 2 is 1.57 bits per heavy atom. The van der Waals surface area contributed by atoms with Gasteiger partial charge in [0.25, 0.3) is 5.91 Å². The van der Waals surface area contributed by atoms with Crippen LogP contribution in [0.3, 0.4) is 0 Å². The first-order valence-corrected chi connectivity index (χ1v) is 16.2. The van der Waals surface area contributed by atoms with Crippen molar-refractivity contribution >= 4 is 39.3 Å². The van der Waals surface area contributed by atoms with Crippen LogP contribution in [0.4, 0.5) is 10.5 Å². The van der Waals surface area contributed by atoms with Crippen molar-refractivity contribution in [3.8, 4) is 11.3 Å². The van der Waals surface area contributed by atoms with Crippen LogP contribution in [0.2, 0.25) is 0 Å². The summed E-state index contributed by atoms with van der Waals surface area (Å²) >= 11 is 1.39. The Bertz CT molecular complexity index is 1650. The molecule has 4 rings (SSSR count). The number of amides is 2. The standard InChI is InChI=1S/C32H36N4O6S2/c1-32(2,3)27(23-13-9-6-10-14-23)28(42-31(38)33-4)29(37)34-25(19-21-15-17-24(18-16-21)36-44(39,40)41)30-35-26(20-43-30)22-11-7-5-8-12-22/h5-18,20,25,27-28,36H,19H2,1-4H3,(H,33,38)(H,34,37)(H,39,40,41)/t25-,27?,28-/m0/s1. The van der Waals surface area contributed by atoms with Gasteiger partial charge < -0.3 is 15.4 Å². The first-order valence-electron chi connectivity index (χ1n) is 13.9. The Morgan fingerprint density at radius 1 is 0.955 bits per heavy atom. The summed E-state index contributed by atoms with van der Waals surface area (Å²) in [5, 5.41) is 8.12. The molecule has 0 saturated carbocycles. The summed E-state index contributed by atoms with van der Waals surface area (Å²) < 4.78 is 39.4. The van der Waals surface area contributed by atoms with Gasteiger partial charge in [-0.1, -0.05) is 93.6 Å². The van der Waals surface area contributed by atoms with E-state index in [9.17, 15) is 18.0 Å². The Balaban J connectivity index is 1.70. The lowest BCUT2D eigenvalue weighted by molar-refractivity contribution is -0.133. The van der Waals surface area contributed by atoms with Gasteiger partial charge in [0.05, 0.1) is 17.4 Å². The molecule has 4 N–H and O–H groups in total. The number of benzene rings is 3. The minimum absolute atomic E-state index is 0.187. The zero-order valence-electron chi connectivity index (χ0n) is 24.9. The second kappa shape index (κ2) is 14.0. The van der Waals surface area contributed by atoms with Crippen molar-refractivity contribution in [2.45, 2.75) is 45.3 Å². The van der Waals surface area contributed by atoms with Gasteiger partial charge in [0.1, 0.15) is 5.01 Å². The van der Waals surface area contributed by atoms with Gasteiger partial charge in [0.2, 0.25) is 0 Å². The Kier molecular flexibility index (Phi) is 10.4. The zero-order valence-corrected chi connectivity index (χ0v) is 26.5. The highest BCUT2D eigenvalue weighted by molar-refractivity contribution is 7.87. The predicted octanol–water partition coefficient (Wildman–Crippen LogP) is 5.98. The number of rotatable bonds is 11. The Hall–Kier alpha value is -4.26. The van der Waals surface area contributed by atoms with Crippen molar-refractivity contribution in [3.05, 3.63) is 106 Å². The topological polar surface area (TPSA) is 147 Å². The van der Waals surface area contributed by atoms with E-state index < -0.39 is 45.8 Å². The molecular formula is C32H36N4O6S2. The van der Waals surface area contributed by atoms with Crippen LogP contribution in [0.15, 0.2) is 90.3 Å².